The first kappa shape index (κ1) is 31.2. The van der Waals surface area contributed by atoms with Crippen molar-refractivity contribution in [3.63, 3.8) is 0 Å². The quantitative estimate of drug-likeness (QED) is 0.205. The maximum absolute atomic E-state index is 14.6. The Labute approximate surface area is 228 Å². The number of halogens is 1. The van der Waals surface area contributed by atoms with E-state index in [1.54, 1.807) is 61.5 Å². The van der Waals surface area contributed by atoms with Crippen LogP contribution in [0.5, 0.6) is 0 Å². The molecule has 0 amide bonds. The first-order valence-electron chi connectivity index (χ1n) is 12.9. The number of aliphatic hydroxyl groups is 3. The molecule has 38 heavy (non-hydrogen) atoms. The highest BCUT2D eigenvalue weighted by atomic mass is 32.1. The Kier molecular flexibility index (Phi) is 8.44. The number of fused-ring (bicyclic) bond motifs is 1. The zero-order valence-corrected chi connectivity index (χ0v) is 25.0. The van der Waals surface area contributed by atoms with E-state index in [2.05, 4.69) is 9.97 Å². The first-order chi connectivity index (χ1) is 17.3. The standard InChI is InChI=1S/C26H40FN2O7PS/c1-9-23(6,36-37(33,34)26(32,10-2)11-3)13-24(7)19(30)20(31)25(8,35-24)17-12-16-14(4)18(27)15(5)28-21(16)29-22(17)38/h12,19-20,30-32H,9-11,13H2,1-8H3,(H,33,34)(H,28,29,38)/t19-,20?,23?,24?,25?/m1/s1. The fourth-order valence-electron chi connectivity index (χ4n) is 5.46. The van der Waals surface area contributed by atoms with E-state index < -0.39 is 47.8 Å². The molecule has 0 aliphatic carbocycles. The van der Waals surface area contributed by atoms with Crippen LogP contribution in [0.1, 0.15) is 84.0 Å². The Morgan fingerprint density at radius 3 is 2.32 bits per heavy atom. The SMILES string of the molecule is CCC(C)(CC1(C)OC(C)(c2cc3c(C)c(F)c(C)nc3[nH]c2=S)C(O)[C@H]1O)OP(=O)(O)C(O)(CC)CC. The van der Waals surface area contributed by atoms with Gasteiger partial charge in [0, 0.05) is 17.4 Å². The van der Waals surface area contributed by atoms with Crippen LogP contribution in [0.4, 0.5) is 4.39 Å². The number of hydrogen-bond acceptors (Lipinski definition) is 8. The van der Waals surface area contributed by atoms with E-state index in [1.807, 2.05) is 0 Å². The summed E-state index contributed by atoms with van der Waals surface area (Å²) in [5, 5.41) is 31.8. The Balaban J connectivity index is 2.05. The number of pyridine rings is 2. The molecule has 1 aliphatic rings. The van der Waals surface area contributed by atoms with Gasteiger partial charge in [-0.25, -0.2) is 9.37 Å². The van der Waals surface area contributed by atoms with Gasteiger partial charge in [-0.1, -0.05) is 33.0 Å². The van der Waals surface area contributed by atoms with Crippen molar-refractivity contribution in [2.75, 3.05) is 0 Å². The van der Waals surface area contributed by atoms with Crippen LogP contribution in [0.2, 0.25) is 0 Å². The third-order valence-electron chi connectivity index (χ3n) is 8.30. The van der Waals surface area contributed by atoms with Gasteiger partial charge in [0.1, 0.15) is 33.9 Å². The summed E-state index contributed by atoms with van der Waals surface area (Å²) in [6.45, 7) is 12.9. The Morgan fingerprint density at radius 2 is 1.79 bits per heavy atom. The number of aryl methyl sites for hydroxylation is 2. The Morgan fingerprint density at radius 1 is 1.21 bits per heavy atom. The smallest absolute Gasteiger partial charge is 0.359 e. The summed E-state index contributed by atoms with van der Waals surface area (Å²) in [6.07, 6.45) is -2.70. The van der Waals surface area contributed by atoms with Crippen molar-refractivity contribution in [2.24, 2.45) is 0 Å². The van der Waals surface area contributed by atoms with Crippen LogP contribution in [-0.2, 0) is 19.4 Å². The van der Waals surface area contributed by atoms with E-state index in [0.29, 0.717) is 22.2 Å². The summed E-state index contributed by atoms with van der Waals surface area (Å²) in [7, 11) is -4.52. The molecule has 3 rings (SSSR count). The molecular formula is C26H40FN2O7PS. The number of ether oxygens (including phenoxy) is 1. The lowest BCUT2D eigenvalue weighted by Crippen LogP contribution is -2.47. The normalized spacial score (nSPS) is 29.4. The van der Waals surface area contributed by atoms with Crippen molar-refractivity contribution in [3.05, 3.63) is 33.3 Å². The van der Waals surface area contributed by atoms with Crippen molar-refractivity contribution in [1.82, 2.24) is 9.97 Å². The predicted octanol–water partition coefficient (Wildman–Crippen LogP) is 5.04. The molecular weight excluding hydrogens is 534 g/mol. The van der Waals surface area contributed by atoms with Crippen LogP contribution in [0.25, 0.3) is 11.0 Å². The number of aromatic amines is 1. The fourth-order valence-corrected chi connectivity index (χ4v) is 7.58. The van der Waals surface area contributed by atoms with Gasteiger partial charge in [-0.2, -0.15) is 0 Å². The minimum atomic E-state index is -4.52. The molecule has 214 valence electrons. The minimum Gasteiger partial charge on any atom is -0.387 e. The number of nitrogens with zero attached hydrogens (tertiary/aromatic N) is 1. The van der Waals surface area contributed by atoms with Crippen LogP contribution in [0, 0.1) is 24.3 Å². The Hall–Kier alpha value is -1.30. The highest BCUT2D eigenvalue weighted by Crippen LogP contribution is 2.61. The molecule has 0 aromatic carbocycles. The van der Waals surface area contributed by atoms with E-state index in [1.165, 1.54) is 0 Å². The number of rotatable bonds is 9. The van der Waals surface area contributed by atoms with Crippen molar-refractivity contribution in [2.45, 2.75) is 115 Å². The van der Waals surface area contributed by atoms with Gasteiger partial charge < -0.3 is 34.5 Å². The molecule has 1 saturated heterocycles. The topological polar surface area (TPSA) is 145 Å². The highest BCUT2D eigenvalue weighted by molar-refractivity contribution is 7.71. The summed E-state index contributed by atoms with van der Waals surface area (Å²) in [4.78, 5) is 18.0. The average Bonchev–Trinajstić information content (AvgIpc) is 3.01. The van der Waals surface area contributed by atoms with Crippen LogP contribution < -0.4 is 0 Å². The van der Waals surface area contributed by atoms with Gasteiger partial charge in [0.2, 0.25) is 0 Å². The number of hydrogen-bond donors (Lipinski definition) is 5. The van der Waals surface area contributed by atoms with Crippen LogP contribution >= 0.6 is 19.8 Å². The van der Waals surface area contributed by atoms with Crippen molar-refractivity contribution in [1.29, 1.82) is 0 Å². The summed E-state index contributed by atoms with van der Waals surface area (Å²) in [6, 6.07) is 1.61. The lowest BCUT2D eigenvalue weighted by Gasteiger charge is -2.42. The summed E-state index contributed by atoms with van der Waals surface area (Å²) < 4.78 is 40.2. The molecule has 5 N–H and O–H groups in total. The molecule has 5 unspecified atom stereocenters. The fraction of sp³-hybridized carbons (Fsp3) is 0.692. The molecule has 1 aliphatic heterocycles. The van der Waals surface area contributed by atoms with Gasteiger partial charge in [0.05, 0.1) is 16.9 Å². The number of H-pyrrole nitrogens is 1. The zero-order chi connectivity index (χ0) is 29.1. The number of nitrogens with one attached hydrogen (secondary N) is 1. The molecule has 2 aromatic heterocycles. The zero-order valence-electron chi connectivity index (χ0n) is 23.3. The predicted molar refractivity (Wildman–Crippen MR) is 145 cm³/mol. The molecule has 0 saturated carbocycles. The van der Waals surface area contributed by atoms with E-state index in [4.69, 9.17) is 21.5 Å². The molecule has 2 aromatic rings. The maximum Gasteiger partial charge on any atom is 0.359 e. The summed E-state index contributed by atoms with van der Waals surface area (Å²) in [5.74, 6) is -0.458. The van der Waals surface area contributed by atoms with Gasteiger partial charge in [-0.15, -0.1) is 0 Å². The second-order valence-electron chi connectivity index (χ2n) is 11.1. The molecule has 0 spiro atoms. The lowest BCUT2D eigenvalue weighted by molar-refractivity contribution is -0.146. The third kappa shape index (κ3) is 5.01. The van der Waals surface area contributed by atoms with E-state index in [0.717, 1.165) is 0 Å². The number of aliphatic hydroxyl groups excluding tert-OH is 2. The average molecular weight is 575 g/mol. The first-order valence-corrected chi connectivity index (χ1v) is 14.8. The summed E-state index contributed by atoms with van der Waals surface area (Å²) >= 11 is 5.56. The van der Waals surface area contributed by atoms with Crippen LogP contribution in [-0.4, -0.2) is 58.9 Å². The van der Waals surface area contributed by atoms with Crippen molar-refractivity contribution in [3.8, 4) is 0 Å². The largest absolute Gasteiger partial charge is 0.387 e. The van der Waals surface area contributed by atoms with Crippen molar-refractivity contribution < 1.29 is 38.4 Å². The maximum atomic E-state index is 14.6. The van der Waals surface area contributed by atoms with Gasteiger partial charge in [0.15, 0.2) is 5.34 Å². The molecule has 1 fully saturated rings. The van der Waals surface area contributed by atoms with Crippen LogP contribution in [0.3, 0.4) is 0 Å². The van der Waals surface area contributed by atoms with Crippen molar-refractivity contribution >= 4 is 30.8 Å². The molecule has 0 radical (unpaired) electrons. The van der Waals surface area contributed by atoms with E-state index in [9.17, 15) is 29.2 Å². The van der Waals surface area contributed by atoms with Crippen LogP contribution in [0.15, 0.2) is 6.07 Å². The van der Waals surface area contributed by atoms with Gasteiger partial charge in [0.25, 0.3) is 0 Å². The highest BCUT2D eigenvalue weighted by Gasteiger charge is 2.61. The monoisotopic (exact) mass is 574 g/mol. The van der Waals surface area contributed by atoms with Gasteiger partial charge in [-0.3, -0.25) is 4.57 Å². The molecule has 3 heterocycles. The van der Waals surface area contributed by atoms with E-state index in [-0.39, 0.29) is 36.0 Å². The third-order valence-corrected chi connectivity index (χ3v) is 11.0. The molecule has 0 bridgehead atoms. The minimum absolute atomic E-state index is 0.0126. The molecule has 9 nitrogen and oxygen atoms in total. The lowest BCUT2D eigenvalue weighted by atomic mass is 9.82. The second-order valence-corrected chi connectivity index (χ2v) is 13.6. The van der Waals surface area contributed by atoms with E-state index >= 15 is 0 Å². The molecule has 6 atom stereocenters. The summed E-state index contributed by atoms with van der Waals surface area (Å²) in [5.41, 5.74) is -2.98. The van der Waals surface area contributed by atoms with Gasteiger partial charge in [-0.05, 0) is 65.5 Å². The van der Waals surface area contributed by atoms with Gasteiger partial charge >= 0.3 is 7.60 Å². The number of aromatic nitrogens is 2. The Bertz CT molecular complexity index is 1330. The molecule has 12 heteroatoms. The second kappa shape index (κ2) is 10.3.